The van der Waals surface area contributed by atoms with Crippen LogP contribution in [0.15, 0.2) is 18.2 Å². The van der Waals surface area contributed by atoms with Crippen LogP contribution in [0.5, 0.6) is 0 Å². The van der Waals surface area contributed by atoms with Gasteiger partial charge in [0.05, 0.1) is 5.56 Å². The van der Waals surface area contributed by atoms with E-state index in [-0.39, 0.29) is 5.91 Å². The molecule has 2 aliphatic heterocycles. The van der Waals surface area contributed by atoms with Crippen LogP contribution in [-0.4, -0.2) is 47.0 Å². The maximum absolute atomic E-state index is 12.5. The van der Waals surface area contributed by atoms with Crippen LogP contribution in [0, 0.1) is 0 Å². The van der Waals surface area contributed by atoms with Crippen molar-refractivity contribution < 1.29 is 9.90 Å². The number of nitrogens with zero attached hydrogens (tertiary/aromatic N) is 2. The van der Waals surface area contributed by atoms with Crippen molar-refractivity contribution in [3.8, 4) is 0 Å². The zero-order chi connectivity index (χ0) is 15.5. The Kier molecular flexibility index (Phi) is 4.76. The van der Waals surface area contributed by atoms with E-state index in [1.165, 1.54) is 32.4 Å². The van der Waals surface area contributed by atoms with Gasteiger partial charge in [0.25, 0.3) is 5.91 Å². The summed E-state index contributed by atoms with van der Waals surface area (Å²) >= 11 is 0. The van der Waals surface area contributed by atoms with Crippen molar-refractivity contribution in [2.24, 2.45) is 5.73 Å². The smallest absolute Gasteiger partial charge is 0.254 e. The number of rotatable bonds is 5. The van der Waals surface area contributed by atoms with Crippen LogP contribution in [0.3, 0.4) is 0 Å². The van der Waals surface area contributed by atoms with E-state index >= 15 is 0 Å². The highest BCUT2D eigenvalue weighted by atomic mass is 16.3. The summed E-state index contributed by atoms with van der Waals surface area (Å²) in [6.07, 6.45) is 3.85. The molecular formula is C17H25N3O2. The highest BCUT2D eigenvalue weighted by molar-refractivity contribution is 5.99. The average Bonchev–Trinajstić information content (AvgIpc) is 2.85. The third-order valence-electron chi connectivity index (χ3n) is 4.71. The fourth-order valence-corrected chi connectivity index (χ4v) is 3.54. The van der Waals surface area contributed by atoms with Gasteiger partial charge in [0.1, 0.15) is 6.23 Å². The molecule has 5 nitrogen and oxygen atoms in total. The molecule has 0 bridgehead atoms. The second kappa shape index (κ2) is 6.77. The second-order valence-electron chi connectivity index (χ2n) is 6.31. The zero-order valence-electron chi connectivity index (χ0n) is 13.0. The number of amides is 1. The molecule has 2 heterocycles. The molecule has 0 aromatic heterocycles. The number of aliphatic hydroxyl groups excluding tert-OH is 1. The summed E-state index contributed by atoms with van der Waals surface area (Å²) in [5.41, 5.74) is 7.70. The van der Waals surface area contributed by atoms with Gasteiger partial charge >= 0.3 is 0 Å². The molecular weight excluding hydrogens is 278 g/mol. The van der Waals surface area contributed by atoms with Crippen molar-refractivity contribution >= 4 is 5.91 Å². The molecule has 22 heavy (non-hydrogen) atoms. The van der Waals surface area contributed by atoms with Crippen molar-refractivity contribution in [1.29, 1.82) is 0 Å². The van der Waals surface area contributed by atoms with Crippen molar-refractivity contribution in [2.45, 2.75) is 38.5 Å². The number of carbonyl (C=O) groups excluding carboxylic acids is 1. The number of aliphatic hydroxyl groups is 1. The SMILES string of the molecule is NC(O)c1cccc2c1C(=O)N(CCCN1CCCCC1)C2. The molecule has 1 atom stereocenters. The number of likely N-dealkylation sites (tertiary alicyclic amines) is 1. The van der Waals surface area contributed by atoms with E-state index in [4.69, 9.17) is 5.73 Å². The highest BCUT2D eigenvalue weighted by Crippen LogP contribution is 2.28. The largest absolute Gasteiger partial charge is 0.375 e. The molecule has 5 heteroatoms. The van der Waals surface area contributed by atoms with Gasteiger partial charge in [0.2, 0.25) is 0 Å². The molecule has 1 unspecified atom stereocenters. The third kappa shape index (κ3) is 3.16. The third-order valence-corrected chi connectivity index (χ3v) is 4.71. The Balaban J connectivity index is 1.58. The van der Waals surface area contributed by atoms with Crippen LogP contribution in [0.1, 0.15) is 53.4 Å². The number of fused-ring (bicyclic) bond motifs is 1. The van der Waals surface area contributed by atoms with Crippen molar-refractivity contribution in [3.05, 3.63) is 34.9 Å². The molecule has 1 amide bonds. The quantitative estimate of drug-likeness (QED) is 0.808. The molecule has 120 valence electrons. The van der Waals surface area contributed by atoms with E-state index in [1.54, 1.807) is 6.07 Å². The minimum absolute atomic E-state index is 0.00810. The van der Waals surface area contributed by atoms with Crippen molar-refractivity contribution in [2.75, 3.05) is 26.2 Å². The lowest BCUT2D eigenvalue weighted by molar-refractivity contribution is 0.0764. The maximum Gasteiger partial charge on any atom is 0.254 e. The summed E-state index contributed by atoms with van der Waals surface area (Å²) in [7, 11) is 0. The van der Waals surface area contributed by atoms with E-state index < -0.39 is 6.23 Å². The molecule has 2 aliphatic rings. The molecule has 0 aliphatic carbocycles. The van der Waals surface area contributed by atoms with Crippen LogP contribution in [-0.2, 0) is 6.54 Å². The molecule has 3 rings (SSSR count). The lowest BCUT2D eigenvalue weighted by Gasteiger charge is -2.27. The summed E-state index contributed by atoms with van der Waals surface area (Å²) in [5, 5.41) is 9.64. The topological polar surface area (TPSA) is 69.8 Å². The fraction of sp³-hybridized carbons (Fsp3) is 0.588. The molecule has 3 N–H and O–H groups in total. The van der Waals surface area contributed by atoms with Gasteiger partial charge in [0, 0.05) is 18.7 Å². The zero-order valence-corrected chi connectivity index (χ0v) is 13.0. The monoisotopic (exact) mass is 303 g/mol. The highest BCUT2D eigenvalue weighted by Gasteiger charge is 2.30. The first-order chi connectivity index (χ1) is 10.7. The first-order valence-corrected chi connectivity index (χ1v) is 8.24. The Morgan fingerprint density at radius 2 is 1.95 bits per heavy atom. The Morgan fingerprint density at radius 1 is 1.18 bits per heavy atom. The van der Waals surface area contributed by atoms with E-state index in [9.17, 15) is 9.90 Å². The molecule has 1 saturated heterocycles. The summed E-state index contributed by atoms with van der Waals surface area (Å²) in [6.45, 7) is 4.85. The van der Waals surface area contributed by atoms with E-state index in [2.05, 4.69) is 4.90 Å². The first kappa shape index (κ1) is 15.5. The van der Waals surface area contributed by atoms with Crippen LogP contribution in [0.4, 0.5) is 0 Å². The van der Waals surface area contributed by atoms with Gasteiger partial charge in [-0.1, -0.05) is 24.6 Å². The fourth-order valence-electron chi connectivity index (χ4n) is 3.54. The van der Waals surface area contributed by atoms with Gasteiger partial charge < -0.3 is 20.6 Å². The number of nitrogens with two attached hydrogens (primary N) is 1. The number of hydrogen-bond donors (Lipinski definition) is 2. The predicted octanol–water partition coefficient (Wildman–Crippen LogP) is 1.47. The molecule has 0 saturated carbocycles. The van der Waals surface area contributed by atoms with E-state index in [0.717, 1.165) is 25.1 Å². The number of piperidine rings is 1. The molecule has 1 aromatic rings. The maximum atomic E-state index is 12.5. The van der Waals surface area contributed by atoms with Crippen molar-refractivity contribution in [1.82, 2.24) is 9.80 Å². The van der Waals surface area contributed by atoms with Crippen molar-refractivity contribution in [3.63, 3.8) is 0 Å². The average molecular weight is 303 g/mol. The van der Waals surface area contributed by atoms with E-state index in [0.29, 0.717) is 17.7 Å². The number of benzene rings is 1. The van der Waals surface area contributed by atoms with E-state index in [1.807, 2.05) is 17.0 Å². The van der Waals surface area contributed by atoms with Crippen LogP contribution < -0.4 is 5.73 Å². The minimum atomic E-state index is -1.09. The summed E-state index contributed by atoms with van der Waals surface area (Å²) in [5.74, 6) is 0.00810. The van der Waals surface area contributed by atoms with Crippen LogP contribution in [0.2, 0.25) is 0 Å². The summed E-state index contributed by atoms with van der Waals surface area (Å²) < 4.78 is 0. The molecule has 0 radical (unpaired) electrons. The summed E-state index contributed by atoms with van der Waals surface area (Å²) in [6, 6.07) is 5.54. The lowest BCUT2D eigenvalue weighted by atomic mass is 10.0. The van der Waals surface area contributed by atoms with Crippen LogP contribution in [0.25, 0.3) is 0 Å². The normalized spacial score (nSPS) is 20.3. The van der Waals surface area contributed by atoms with Gasteiger partial charge in [0.15, 0.2) is 0 Å². The number of carbonyl (C=O) groups is 1. The molecule has 1 fully saturated rings. The Labute approximate surface area is 131 Å². The summed E-state index contributed by atoms with van der Waals surface area (Å²) in [4.78, 5) is 16.9. The lowest BCUT2D eigenvalue weighted by Crippen LogP contribution is -2.33. The van der Waals surface area contributed by atoms with Gasteiger partial charge in [-0.2, -0.15) is 0 Å². The number of hydrogen-bond acceptors (Lipinski definition) is 4. The van der Waals surface area contributed by atoms with Gasteiger partial charge in [-0.15, -0.1) is 0 Å². The van der Waals surface area contributed by atoms with Gasteiger partial charge in [-0.3, -0.25) is 4.79 Å². The standard InChI is InChI=1S/C17H25N3O2/c18-16(21)14-7-4-6-13-12-20(17(22)15(13)14)11-5-10-19-8-2-1-3-9-19/h4,6-7,16,21H,1-3,5,8-12,18H2. The molecule has 0 spiro atoms. The second-order valence-corrected chi connectivity index (χ2v) is 6.31. The van der Waals surface area contributed by atoms with Crippen LogP contribution >= 0.6 is 0 Å². The Bertz CT molecular complexity index is 539. The Hall–Kier alpha value is -1.43. The predicted molar refractivity (Wildman–Crippen MR) is 85.2 cm³/mol. The Morgan fingerprint density at radius 3 is 2.68 bits per heavy atom. The first-order valence-electron chi connectivity index (χ1n) is 8.24. The van der Waals surface area contributed by atoms with Gasteiger partial charge in [-0.25, -0.2) is 0 Å². The molecule has 1 aromatic carbocycles. The minimum Gasteiger partial charge on any atom is -0.375 e. The van der Waals surface area contributed by atoms with Gasteiger partial charge in [-0.05, 0) is 44.5 Å².